The van der Waals surface area contributed by atoms with Gasteiger partial charge in [0.15, 0.2) is 0 Å². The zero-order chi connectivity index (χ0) is 17.2. The van der Waals surface area contributed by atoms with Crippen LogP contribution in [0.25, 0.3) is 0 Å². The van der Waals surface area contributed by atoms with Gasteiger partial charge in [0, 0.05) is 28.8 Å². The average molecular weight is 334 g/mol. The molecule has 0 unspecified atom stereocenters. The van der Waals surface area contributed by atoms with Crippen LogP contribution in [0.2, 0.25) is 0 Å². The average Bonchev–Trinajstić information content (AvgIpc) is 2.77. The molecule has 1 aliphatic rings. The molecule has 1 amide bonds. The van der Waals surface area contributed by atoms with Crippen molar-refractivity contribution in [3.05, 3.63) is 15.8 Å². The Kier molecular flexibility index (Phi) is 5.39. The number of rotatable bonds is 2. The van der Waals surface area contributed by atoms with E-state index in [1.165, 1.54) is 11.3 Å². The van der Waals surface area contributed by atoms with Crippen LogP contribution in [0.3, 0.4) is 0 Å². The summed E-state index contributed by atoms with van der Waals surface area (Å²) >= 11 is 1.53. The lowest BCUT2D eigenvalue weighted by atomic mass is 9.86. The molecule has 124 valence electrons. The molecule has 0 aromatic carbocycles. The van der Waals surface area contributed by atoms with Gasteiger partial charge < -0.3 is 14.8 Å². The third-order valence-electron chi connectivity index (χ3n) is 3.76. The zero-order valence-electron chi connectivity index (χ0n) is 14.1. The summed E-state index contributed by atoms with van der Waals surface area (Å²) in [5, 5.41) is 12.9. The second kappa shape index (κ2) is 6.95. The molecule has 0 spiro atoms. The lowest BCUT2D eigenvalue weighted by molar-refractivity contribution is 0.0201. The Labute approximate surface area is 142 Å². The Morgan fingerprint density at radius 3 is 2.48 bits per heavy atom. The van der Waals surface area contributed by atoms with Gasteiger partial charge in [0.1, 0.15) is 13.4 Å². The number of likely N-dealkylation sites (tertiary alicyclic amines) is 1. The van der Waals surface area contributed by atoms with Gasteiger partial charge in [0.2, 0.25) is 0 Å². The number of carbonyl (C=O) groups is 1. The van der Waals surface area contributed by atoms with Crippen molar-refractivity contribution in [2.75, 3.05) is 13.1 Å². The van der Waals surface area contributed by atoms with Crippen LogP contribution in [0.4, 0.5) is 4.79 Å². The fraction of sp³-hybridized carbons (Fsp3) is 0.625. The standard InChI is InChI=1S/C16H23BN2O3S/c1-10-9-12(17)14(23-10)13(18-21)11-5-7-19(8-6-11)15(20)22-16(2,3)4/h9,11,21H,5-8H2,1-4H3/b18-13+. The highest BCUT2D eigenvalue weighted by Gasteiger charge is 2.30. The van der Waals surface area contributed by atoms with Crippen LogP contribution < -0.4 is 5.46 Å². The van der Waals surface area contributed by atoms with Crippen molar-refractivity contribution in [3.63, 3.8) is 0 Å². The van der Waals surface area contributed by atoms with Crippen molar-refractivity contribution < 1.29 is 14.7 Å². The second-order valence-electron chi connectivity index (χ2n) is 6.87. The van der Waals surface area contributed by atoms with Gasteiger partial charge in [-0.3, -0.25) is 0 Å². The fourth-order valence-electron chi connectivity index (χ4n) is 2.71. The lowest BCUT2D eigenvalue weighted by Gasteiger charge is -2.33. The molecule has 5 nitrogen and oxygen atoms in total. The minimum atomic E-state index is -0.491. The van der Waals surface area contributed by atoms with E-state index < -0.39 is 5.60 Å². The summed E-state index contributed by atoms with van der Waals surface area (Å²) in [6.45, 7) is 8.72. The molecule has 2 heterocycles. The molecular weight excluding hydrogens is 311 g/mol. The van der Waals surface area contributed by atoms with Crippen molar-refractivity contribution >= 4 is 36.5 Å². The van der Waals surface area contributed by atoms with E-state index in [9.17, 15) is 10.0 Å². The number of hydrogen-bond acceptors (Lipinski definition) is 5. The van der Waals surface area contributed by atoms with Crippen LogP contribution in [0.5, 0.6) is 0 Å². The Balaban J connectivity index is 2.01. The highest BCUT2D eigenvalue weighted by Crippen LogP contribution is 2.26. The molecule has 2 radical (unpaired) electrons. The van der Waals surface area contributed by atoms with Crippen LogP contribution in [-0.2, 0) is 4.74 Å². The number of amides is 1. The maximum absolute atomic E-state index is 12.1. The molecule has 1 aromatic heterocycles. The van der Waals surface area contributed by atoms with E-state index in [0.29, 0.717) is 24.3 Å². The molecule has 23 heavy (non-hydrogen) atoms. The quantitative estimate of drug-likeness (QED) is 0.391. The first-order valence-electron chi connectivity index (χ1n) is 7.77. The number of nitrogens with zero attached hydrogens (tertiary/aromatic N) is 2. The van der Waals surface area contributed by atoms with Gasteiger partial charge >= 0.3 is 6.09 Å². The third-order valence-corrected chi connectivity index (χ3v) is 4.85. The molecule has 2 rings (SSSR count). The van der Waals surface area contributed by atoms with Crippen LogP contribution in [0.15, 0.2) is 11.2 Å². The van der Waals surface area contributed by atoms with Gasteiger partial charge in [-0.15, -0.1) is 11.3 Å². The Morgan fingerprint density at radius 1 is 1.43 bits per heavy atom. The first kappa shape index (κ1) is 17.9. The van der Waals surface area contributed by atoms with Crippen molar-refractivity contribution in [1.29, 1.82) is 0 Å². The molecule has 1 aliphatic heterocycles. The fourth-order valence-corrected chi connectivity index (χ4v) is 3.71. The molecule has 0 atom stereocenters. The number of piperidine rings is 1. The number of oxime groups is 1. The van der Waals surface area contributed by atoms with Crippen molar-refractivity contribution in [2.24, 2.45) is 11.1 Å². The Hall–Kier alpha value is -1.50. The first-order chi connectivity index (χ1) is 10.7. The highest BCUT2D eigenvalue weighted by atomic mass is 32.1. The molecule has 1 saturated heterocycles. The highest BCUT2D eigenvalue weighted by molar-refractivity contribution is 7.15. The molecule has 1 aromatic rings. The van der Waals surface area contributed by atoms with Crippen molar-refractivity contribution in [3.8, 4) is 0 Å². The van der Waals surface area contributed by atoms with Crippen molar-refractivity contribution in [2.45, 2.75) is 46.1 Å². The van der Waals surface area contributed by atoms with E-state index in [1.54, 1.807) is 4.90 Å². The summed E-state index contributed by atoms with van der Waals surface area (Å²) in [7, 11) is 6.00. The summed E-state index contributed by atoms with van der Waals surface area (Å²) in [4.78, 5) is 15.7. The first-order valence-corrected chi connectivity index (χ1v) is 8.59. The van der Waals surface area contributed by atoms with Gasteiger partial charge in [0.25, 0.3) is 0 Å². The lowest BCUT2D eigenvalue weighted by Crippen LogP contribution is -2.43. The molecular formula is C16H23BN2O3S. The topological polar surface area (TPSA) is 62.1 Å². The molecule has 0 aliphatic carbocycles. The van der Waals surface area contributed by atoms with Gasteiger partial charge in [0.05, 0.1) is 5.71 Å². The van der Waals surface area contributed by atoms with Gasteiger partial charge in [-0.2, -0.15) is 0 Å². The van der Waals surface area contributed by atoms with Crippen molar-refractivity contribution in [1.82, 2.24) is 4.90 Å². The van der Waals surface area contributed by atoms with Gasteiger partial charge in [-0.25, -0.2) is 4.79 Å². The maximum Gasteiger partial charge on any atom is 0.410 e. The van der Waals surface area contributed by atoms with E-state index in [2.05, 4.69) is 5.16 Å². The van der Waals surface area contributed by atoms with Crippen LogP contribution in [-0.4, -0.2) is 48.4 Å². The summed E-state index contributed by atoms with van der Waals surface area (Å²) in [5.74, 6) is 0.0963. The van der Waals surface area contributed by atoms with E-state index in [-0.39, 0.29) is 12.0 Å². The Morgan fingerprint density at radius 2 is 2.04 bits per heavy atom. The minimum Gasteiger partial charge on any atom is -0.444 e. The van der Waals surface area contributed by atoms with Gasteiger partial charge in [-0.05, 0) is 40.5 Å². The van der Waals surface area contributed by atoms with Crippen LogP contribution >= 0.6 is 11.3 Å². The number of ether oxygens (including phenoxy) is 1. The minimum absolute atomic E-state index is 0.0963. The zero-order valence-corrected chi connectivity index (χ0v) is 14.9. The van der Waals surface area contributed by atoms with Crippen LogP contribution in [0.1, 0.15) is 43.4 Å². The Bertz CT molecular complexity index is 599. The van der Waals surface area contributed by atoms with E-state index in [1.807, 2.05) is 33.8 Å². The third kappa shape index (κ3) is 4.50. The monoisotopic (exact) mass is 334 g/mol. The number of aryl methyl sites for hydroxylation is 1. The maximum atomic E-state index is 12.1. The predicted molar refractivity (Wildman–Crippen MR) is 93.3 cm³/mol. The largest absolute Gasteiger partial charge is 0.444 e. The summed E-state index contributed by atoms with van der Waals surface area (Å²) in [6.07, 6.45) is 1.18. The predicted octanol–water partition coefficient (Wildman–Crippen LogP) is 2.68. The normalized spacial score (nSPS) is 17.4. The van der Waals surface area contributed by atoms with E-state index >= 15 is 0 Å². The number of thiophene rings is 1. The second-order valence-corrected chi connectivity index (χ2v) is 8.12. The number of carbonyl (C=O) groups excluding carboxylic acids is 1. The molecule has 1 N–H and O–H groups in total. The summed E-state index contributed by atoms with van der Waals surface area (Å²) < 4.78 is 5.40. The molecule has 0 bridgehead atoms. The molecule has 1 fully saturated rings. The number of hydrogen-bond donors (Lipinski definition) is 1. The van der Waals surface area contributed by atoms with E-state index in [0.717, 1.165) is 22.6 Å². The van der Waals surface area contributed by atoms with E-state index in [4.69, 9.17) is 12.6 Å². The molecule has 7 heteroatoms. The summed E-state index contributed by atoms with van der Waals surface area (Å²) in [5.41, 5.74) is 0.786. The summed E-state index contributed by atoms with van der Waals surface area (Å²) in [6, 6.07) is 1.89. The smallest absolute Gasteiger partial charge is 0.410 e. The SMILES string of the molecule is [B]c1cc(C)sc1/C(=N/O)C1CCN(C(=O)OC(C)(C)C)CC1. The van der Waals surface area contributed by atoms with Gasteiger partial charge in [-0.1, -0.05) is 16.7 Å². The van der Waals surface area contributed by atoms with Crippen LogP contribution in [0, 0.1) is 12.8 Å². The molecule has 0 saturated carbocycles.